The lowest BCUT2D eigenvalue weighted by atomic mass is 9.96. The molecule has 2 aromatic rings. The summed E-state index contributed by atoms with van der Waals surface area (Å²) in [6.07, 6.45) is 5.29. The minimum Gasteiger partial charge on any atom is -0.497 e. The Balaban J connectivity index is 1.50. The second kappa shape index (κ2) is 9.17. The molecular formula is C20H25BrN4O2. The number of fused-ring (bicyclic) bond motifs is 1. The number of nitrogens with zero attached hydrogens (tertiary/aromatic N) is 2. The van der Waals surface area contributed by atoms with E-state index in [-0.39, 0.29) is 5.91 Å². The van der Waals surface area contributed by atoms with Crippen LogP contribution in [-0.4, -0.2) is 36.1 Å². The normalized spacial score (nSPS) is 13.0. The van der Waals surface area contributed by atoms with Crippen molar-refractivity contribution >= 4 is 27.7 Å². The molecule has 27 heavy (non-hydrogen) atoms. The lowest BCUT2D eigenvalue weighted by Gasteiger charge is -2.19. The summed E-state index contributed by atoms with van der Waals surface area (Å²) in [6.45, 7) is 3.27. The van der Waals surface area contributed by atoms with Crippen molar-refractivity contribution in [1.82, 2.24) is 15.3 Å². The highest BCUT2D eigenvalue weighted by molar-refractivity contribution is 9.10. The van der Waals surface area contributed by atoms with Gasteiger partial charge in [0.2, 0.25) is 0 Å². The number of hydrogen-bond donors (Lipinski definition) is 2. The Morgan fingerprint density at radius 3 is 2.85 bits per heavy atom. The highest BCUT2D eigenvalue weighted by atomic mass is 79.9. The largest absolute Gasteiger partial charge is 0.497 e. The summed E-state index contributed by atoms with van der Waals surface area (Å²) in [5.74, 6) is 2.32. The number of methoxy groups -OCH3 is 1. The summed E-state index contributed by atoms with van der Waals surface area (Å²) in [7, 11) is 1.59. The summed E-state index contributed by atoms with van der Waals surface area (Å²) >= 11 is 3.41. The zero-order chi connectivity index (χ0) is 19.2. The van der Waals surface area contributed by atoms with Crippen molar-refractivity contribution in [2.45, 2.75) is 39.0 Å². The maximum Gasteiger partial charge on any atom is 0.252 e. The van der Waals surface area contributed by atoms with Gasteiger partial charge in [-0.05, 0) is 73.2 Å². The van der Waals surface area contributed by atoms with Crippen molar-refractivity contribution in [3.05, 3.63) is 45.3 Å². The number of hydrogen-bond acceptors (Lipinski definition) is 5. The van der Waals surface area contributed by atoms with E-state index in [0.717, 1.165) is 41.9 Å². The van der Waals surface area contributed by atoms with Crippen LogP contribution in [0.5, 0.6) is 5.75 Å². The molecule has 0 saturated carbocycles. The van der Waals surface area contributed by atoms with Gasteiger partial charge in [0.1, 0.15) is 17.4 Å². The Hall–Kier alpha value is -2.15. The van der Waals surface area contributed by atoms with Gasteiger partial charge in [0, 0.05) is 28.8 Å². The van der Waals surface area contributed by atoms with E-state index in [0.29, 0.717) is 17.9 Å². The summed E-state index contributed by atoms with van der Waals surface area (Å²) in [5, 5.41) is 6.38. The molecular weight excluding hydrogens is 408 g/mol. The van der Waals surface area contributed by atoms with Crippen molar-refractivity contribution in [3.63, 3.8) is 0 Å². The molecule has 0 bridgehead atoms. The SMILES string of the molecule is COc1ccc(Br)c(C(=O)NCCCNc2nc(C)nc3c2CCCC3)c1. The van der Waals surface area contributed by atoms with E-state index in [1.807, 2.05) is 19.1 Å². The second-order valence-electron chi connectivity index (χ2n) is 6.63. The van der Waals surface area contributed by atoms with Crippen molar-refractivity contribution < 1.29 is 9.53 Å². The number of aryl methyl sites for hydroxylation is 2. The number of carbonyl (C=O) groups is 1. The Morgan fingerprint density at radius 1 is 1.22 bits per heavy atom. The maximum atomic E-state index is 12.4. The summed E-state index contributed by atoms with van der Waals surface area (Å²) in [4.78, 5) is 21.5. The zero-order valence-electron chi connectivity index (χ0n) is 15.8. The van der Waals surface area contributed by atoms with Crippen molar-refractivity contribution in [2.24, 2.45) is 0 Å². The molecule has 0 saturated heterocycles. The molecule has 0 fully saturated rings. The molecule has 0 radical (unpaired) electrons. The topological polar surface area (TPSA) is 76.1 Å². The van der Waals surface area contributed by atoms with Crippen molar-refractivity contribution in [3.8, 4) is 5.75 Å². The lowest BCUT2D eigenvalue weighted by molar-refractivity contribution is 0.0952. The van der Waals surface area contributed by atoms with E-state index in [2.05, 4.69) is 36.5 Å². The van der Waals surface area contributed by atoms with Gasteiger partial charge >= 0.3 is 0 Å². The number of carbonyl (C=O) groups excluding carboxylic acids is 1. The fourth-order valence-electron chi connectivity index (χ4n) is 3.26. The van der Waals surface area contributed by atoms with Crippen LogP contribution in [0.15, 0.2) is 22.7 Å². The molecule has 1 aliphatic carbocycles. The van der Waals surface area contributed by atoms with Gasteiger partial charge in [-0.15, -0.1) is 0 Å². The molecule has 1 aliphatic rings. The highest BCUT2D eigenvalue weighted by Gasteiger charge is 2.16. The van der Waals surface area contributed by atoms with E-state index >= 15 is 0 Å². The van der Waals surface area contributed by atoms with Crippen molar-refractivity contribution in [1.29, 1.82) is 0 Å². The van der Waals surface area contributed by atoms with E-state index in [1.165, 1.54) is 24.1 Å². The van der Waals surface area contributed by atoms with Crippen LogP contribution < -0.4 is 15.4 Å². The number of ether oxygens (including phenoxy) is 1. The van der Waals surface area contributed by atoms with Gasteiger partial charge in [0.25, 0.3) is 5.91 Å². The monoisotopic (exact) mass is 432 g/mol. The van der Waals surface area contributed by atoms with E-state index < -0.39 is 0 Å². The van der Waals surface area contributed by atoms with Gasteiger partial charge in [-0.25, -0.2) is 9.97 Å². The van der Waals surface area contributed by atoms with Gasteiger partial charge in [0.05, 0.1) is 12.7 Å². The Labute approximate surface area is 168 Å². The number of halogens is 1. The van der Waals surface area contributed by atoms with E-state index in [4.69, 9.17) is 4.74 Å². The highest BCUT2D eigenvalue weighted by Crippen LogP contribution is 2.25. The molecule has 1 amide bonds. The average Bonchev–Trinajstić information content (AvgIpc) is 2.67. The number of benzene rings is 1. The number of rotatable bonds is 7. The Kier molecular flexibility index (Phi) is 6.66. The van der Waals surface area contributed by atoms with E-state index in [9.17, 15) is 4.79 Å². The molecule has 0 spiro atoms. The molecule has 1 aromatic carbocycles. The predicted octanol–water partition coefficient (Wildman–Crippen LogP) is 3.67. The number of anilines is 1. The van der Waals surface area contributed by atoms with Gasteiger partial charge in [-0.3, -0.25) is 4.79 Å². The smallest absolute Gasteiger partial charge is 0.252 e. The fourth-order valence-corrected chi connectivity index (χ4v) is 3.69. The van der Waals surface area contributed by atoms with Crippen molar-refractivity contribution in [2.75, 3.05) is 25.5 Å². The number of nitrogens with one attached hydrogen (secondary N) is 2. The molecule has 0 unspecified atom stereocenters. The maximum absolute atomic E-state index is 12.4. The summed E-state index contributed by atoms with van der Waals surface area (Å²) in [6, 6.07) is 5.36. The van der Waals surface area contributed by atoms with Gasteiger partial charge in [-0.1, -0.05) is 0 Å². The number of aromatic nitrogens is 2. The van der Waals surface area contributed by atoms with Crippen LogP contribution in [0.25, 0.3) is 0 Å². The standard InChI is InChI=1S/C20H25BrN4O2/c1-13-24-18-7-4-3-6-15(18)19(25-13)22-10-5-11-23-20(26)16-12-14(27-2)8-9-17(16)21/h8-9,12H,3-7,10-11H2,1-2H3,(H,23,26)(H,22,24,25). The number of amides is 1. The first-order valence-corrected chi connectivity index (χ1v) is 10.1. The van der Waals surface area contributed by atoms with Crippen LogP contribution in [-0.2, 0) is 12.8 Å². The molecule has 6 nitrogen and oxygen atoms in total. The first-order valence-electron chi connectivity index (χ1n) is 9.30. The average molecular weight is 433 g/mol. The molecule has 7 heteroatoms. The Morgan fingerprint density at radius 2 is 2.04 bits per heavy atom. The quantitative estimate of drug-likeness (QED) is 0.652. The van der Waals surface area contributed by atoms with Crippen LogP contribution in [0.3, 0.4) is 0 Å². The van der Waals surface area contributed by atoms with Gasteiger partial charge in [0.15, 0.2) is 0 Å². The molecule has 3 rings (SSSR count). The summed E-state index contributed by atoms with van der Waals surface area (Å²) in [5.41, 5.74) is 3.02. The van der Waals surface area contributed by atoms with Gasteiger partial charge in [-0.2, -0.15) is 0 Å². The van der Waals surface area contributed by atoms with Crippen LogP contribution in [0.4, 0.5) is 5.82 Å². The predicted molar refractivity (Wildman–Crippen MR) is 110 cm³/mol. The molecule has 0 atom stereocenters. The first kappa shape index (κ1) is 19.6. The molecule has 2 N–H and O–H groups in total. The van der Waals surface area contributed by atoms with Crippen LogP contribution in [0.1, 0.15) is 46.7 Å². The molecule has 144 valence electrons. The zero-order valence-corrected chi connectivity index (χ0v) is 17.4. The third-order valence-electron chi connectivity index (χ3n) is 4.64. The molecule has 0 aliphatic heterocycles. The second-order valence-corrected chi connectivity index (χ2v) is 7.49. The summed E-state index contributed by atoms with van der Waals surface area (Å²) < 4.78 is 5.94. The van der Waals surface area contributed by atoms with Crippen LogP contribution in [0, 0.1) is 6.92 Å². The van der Waals surface area contributed by atoms with Crippen LogP contribution in [0.2, 0.25) is 0 Å². The van der Waals surface area contributed by atoms with Gasteiger partial charge < -0.3 is 15.4 Å². The third kappa shape index (κ3) is 4.97. The lowest BCUT2D eigenvalue weighted by Crippen LogP contribution is -2.26. The van der Waals surface area contributed by atoms with Crippen LogP contribution >= 0.6 is 15.9 Å². The Bertz CT molecular complexity index is 826. The minimum atomic E-state index is -0.115. The molecule has 1 aromatic heterocycles. The minimum absolute atomic E-state index is 0.115. The third-order valence-corrected chi connectivity index (χ3v) is 5.34. The molecule has 1 heterocycles. The first-order chi connectivity index (χ1) is 13.1. The fraction of sp³-hybridized carbons (Fsp3) is 0.450. The van der Waals surface area contributed by atoms with E-state index in [1.54, 1.807) is 13.2 Å².